The normalized spacial score (nSPS) is 21.8. The molecule has 1 saturated carbocycles. The van der Waals surface area contributed by atoms with Gasteiger partial charge in [-0.15, -0.1) is 0 Å². The monoisotopic (exact) mass is 639 g/mol. The van der Waals surface area contributed by atoms with Gasteiger partial charge in [0.25, 0.3) is 11.8 Å². The summed E-state index contributed by atoms with van der Waals surface area (Å²) in [4.78, 5) is 47.4. The highest BCUT2D eigenvalue weighted by Crippen LogP contribution is 2.46. The van der Waals surface area contributed by atoms with Crippen LogP contribution in [0.1, 0.15) is 75.0 Å². The third kappa shape index (κ3) is 6.96. The number of hydrogen-bond acceptors (Lipinski definition) is 7. The van der Waals surface area contributed by atoms with Gasteiger partial charge < -0.3 is 9.64 Å². The number of methoxy groups -OCH3 is 1. The molecular weight excluding hydrogens is 606 g/mol. The summed E-state index contributed by atoms with van der Waals surface area (Å²) < 4.78 is 32.2. The Morgan fingerprint density at radius 3 is 2.34 bits per heavy atom. The lowest BCUT2D eigenvalue weighted by atomic mass is 9.76. The maximum Gasteiger partial charge on any atom is 0.337 e. The summed E-state index contributed by atoms with van der Waals surface area (Å²) >= 11 is 6.22. The Morgan fingerprint density at radius 1 is 0.977 bits per heavy atom. The molecule has 3 aromatic carbocycles. The molecule has 1 aliphatic carbocycles. The number of fused-ring (bicyclic) bond motifs is 1. The van der Waals surface area contributed by atoms with Crippen LogP contribution in [0.5, 0.6) is 0 Å². The molecule has 1 heterocycles. The molecule has 0 radical (unpaired) electrons. The lowest BCUT2D eigenvalue weighted by Gasteiger charge is -2.49. The van der Waals surface area contributed by atoms with Crippen molar-refractivity contribution in [1.29, 1.82) is 0 Å². The summed E-state index contributed by atoms with van der Waals surface area (Å²) in [6.07, 6.45) is 3.86. The summed E-state index contributed by atoms with van der Waals surface area (Å²) in [5.74, 6) is -2.08. The van der Waals surface area contributed by atoms with Gasteiger partial charge in [-0.3, -0.25) is 14.4 Å². The topological polar surface area (TPSA) is 131 Å². The Morgan fingerprint density at radius 2 is 1.66 bits per heavy atom. The first-order valence-electron chi connectivity index (χ1n) is 14.3. The zero-order valence-electron chi connectivity index (χ0n) is 24.4. The maximum atomic E-state index is 14.3. The van der Waals surface area contributed by atoms with Crippen LogP contribution in [0.15, 0.2) is 72.8 Å². The number of carbonyl (C=O) groups is 3. The number of nitrogens with zero attached hydrogens (tertiary/aromatic N) is 1. The third-order valence-corrected chi connectivity index (χ3v) is 9.09. The molecule has 5 rings (SSSR count). The molecule has 1 aliphatic heterocycles. The second-order valence-electron chi connectivity index (χ2n) is 11.1. The van der Waals surface area contributed by atoms with E-state index in [0.29, 0.717) is 45.7 Å². The van der Waals surface area contributed by atoms with Gasteiger partial charge in [0.2, 0.25) is 10.0 Å². The number of esters is 1. The average Bonchev–Trinajstić information content (AvgIpc) is 3.01. The highest BCUT2D eigenvalue weighted by Gasteiger charge is 2.49. The zero-order valence-corrected chi connectivity index (χ0v) is 25.9. The molecule has 3 aromatic rings. The van der Waals surface area contributed by atoms with Crippen LogP contribution in [0, 0.1) is 0 Å². The molecule has 44 heavy (non-hydrogen) atoms. The van der Waals surface area contributed by atoms with Crippen LogP contribution in [-0.4, -0.2) is 56.6 Å². The van der Waals surface area contributed by atoms with Crippen LogP contribution in [0.25, 0.3) is 0 Å². The van der Waals surface area contributed by atoms with Crippen LogP contribution < -0.4 is 10.2 Å². The van der Waals surface area contributed by atoms with Crippen molar-refractivity contribution in [2.75, 3.05) is 13.4 Å². The summed E-state index contributed by atoms with van der Waals surface area (Å²) in [6.45, 7) is 0.0266. The van der Waals surface area contributed by atoms with E-state index < -0.39 is 45.9 Å². The molecule has 12 heteroatoms. The number of benzene rings is 3. The Kier molecular flexibility index (Phi) is 9.69. The molecule has 4 atom stereocenters. The minimum atomic E-state index is -3.57. The Balaban J connectivity index is 1.50. The first-order chi connectivity index (χ1) is 21.1. The van der Waals surface area contributed by atoms with Crippen molar-refractivity contribution < 1.29 is 32.4 Å². The lowest BCUT2D eigenvalue weighted by molar-refractivity contribution is -0.138. The molecule has 0 aromatic heterocycles. The van der Waals surface area contributed by atoms with Gasteiger partial charge in [-0.2, -0.15) is 0 Å². The van der Waals surface area contributed by atoms with Gasteiger partial charge in [0.05, 0.1) is 37.5 Å². The molecule has 10 nitrogen and oxygen atoms in total. The molecule has 0 saturated heterocycles. The van der Waals surface area contributed by atoms with Gasteiger partial charge in [-0.1, -0.05) is 66.9 Å². The van der Waals surface area contributed by atoms with Crippen molar-refractivity contribution >= 4 is 39.4 Å². The van der Waals surface area contributed by atoms with Gasteiger partial charge in [0.15, 0.2) is 0 Å². The molecule has 2 N–H and O–H groups in total. The van der Waals surface area contributed by atoms with Crippen molar-refractivity contribution in [3.05, 3.63) is 106 Å². The number of ether oxygens (including phenoxy) is 1. The molecule has 2 aliphatic rings. The quantitative estimate of drug-likeness (QED) is 0.260. The second kappa shape index (κ2) is 13.5. The Bertz CT molecular complexity index is 1630. The molecule has 0 spiro atoms. The van der Waals surface area contributed by atoms with E-state index in [1.165, 1.54) is 7.11 Å². The number of amides is 2. The second-order valence-corrected chi connectivity index (χ2v) is 13.3. The summed E-state index contributed by atoms with van der Waals surface area (Å²) in [5, 5.41) is 0.500. The van der Waals surface area contributed by atoms with Crippen LogP contribution in [-0.2, 0) is 31.0 Å². The molecule has 2 amide bonds. The molecule has 1 fully saturated rings. The van der Waals surface area contributed by atoms with E-state index in [1.807, 2.05) is 0 Å². The van der Waals surface area contributed by atoms with E-state index in [4.69, 9.17) is 21.2 Å². The first kappa shape index (κ1) is 31.6. The molecule has 0 bridgehead atoms. The minimum absolute atomic E-state index is 0.0266. The SMILES string of the molecule is COC(=O)c1ccc(CONC(=O)[C@@H]2c3ccccc3C(=O)N([C@H]3CCCC[C@@H]3NS(C)(=O)=O)[C@H]2c2ccc(Cl)cc2)cc1. The standard InChI is InChI=1S/C32H34ClN3O7S/c1-42-32(39)22-13-11-20(12-14-22)19-43-34-30(37)28-24-7-3-4-8-25(24)31(38)36(29(28)21-15-17-23(33)18-16-21)27-10-6-5-9-26(27)35-44(2,40)41/h3-4,7-8,11-18,26-29,35H,5-6,9-10,19H2,1-2H3,(H,34,37)/t26-,27-,28+,29-/m0/s1. The van der Waals surface area contributed by atoms with Crippen LogP contribution in [0.2, 0.25) is 5.02 Å². The fourth-order valence-corrected chi connectivity index (χ4v) is 7.13. The predicted molar refractivity (Wildman–Crippen MR) is 164 cm³/mol. The number of sulfonamides is 1. The van der Waals surface area contributed by atoms with Gasteiger partial charge in [-0.25, -0.2) is 23.4 Å². The number of rotatable bonds is 9. The zero-order chi connectivity index (χ0) is 31.4. The molecular formula is C32H34ClN3O7S. The van der Waals surface area contributed by atoms with Crippen LogP contribution >= 0.6 is 11.6 Å². The van der Waals surface area contributed by atoms with Crippen molar-refractivity contribution in [2.24, 2.45) is 0 Å². The fraction of sp³-hybridized carbons (Fsp3) is 0.344. The summed E-state index contributed by atoms with van der Waals surface area (Å²) in [6, 6.07) is 18.8. The largest absolute Gasteiger partial charge is 0.465 e. The summed E-state index contributed by atoms with van der Waals surface area (Å²) in [7, 11) is -2.26. The van der Waals surface area contributed by atoms with Crippen molar-refractivity contribution in [3.8, 4) is 0 Å². The molecule has 232 valence electrons. The smallest absolute Gasteiger partial charge is 0.337 e. The van der Waals surface area contributed by atoms with Gasteiger partial charge in [0, 0.05) is 22.7 Å². The number of hydroxylamine groups is 1. The van der Waals surface area contributed by atoms with Gasteiger partial charge >= 0.3 is 5.97 Å². The Labute approximate surface area is 261 Å². The maximum absolute atomic E-state index is 14.3. The van der Waals surface area contributed by atoms with E-state index in [2.05, 4.69) is 10.2 Å². The van der Waals surface area contributed by atoms with Crippen LogP contribution in [0.3, 0.4) is 0 Å². The first-order valence-corrected chi connectivity index (χ1v) is 16.6. The average molecular weight is 640 g/mol. The number of hydrogen-bond donors (Lipinski definition) is 2. The van der Waals surface area contributed by atoms with Gasteiger partial charge in [-0.05, 0) is 59.9 Å². The van der Waals surface area contributed by atoms with E-state index in [-0.39, 0.29) is 12.5 Å². The number of halogens is 1. The van der Waals surface area contributed by atoms with Gasteiger partial charge in [0.1, 0.15) is 0 Å². The molecule has 0 unspecified atom stereocenters. The third-order valence-electron chi connectivity index (χ3n) is 8.11. The number of carbonyl (C=O) groups excluding carboxylic acids is 3. The Hall–Kier alpha value is -3.77. The van der Waals surface area contributed by atoms with E-state index in [9.17, 15) is 22.8 Å². The minimum Gasteiger partial charge on any atom is -0.465 e. The predicted octanol–water partition coefficient (Wildman–Crippen LogP) is 4.52. The number of nitrogens with one attached hydrogen (secondary N) is 2. The summed E-state index contributed by atoms with van der Waals surface area (Å²) in [5.41, 5.74) is 5.28. The van der Waals surface area contributed by atoms with Crippen molar-refractivity contribution in [3.63, 3.8) is 0 Å². The van der Waals surface area contributed by atoms with E-state index in [0.717, 1.165) is 19.1 Å². The fourth-order valence-electron chi connectivity index (χ4n) is 6.18. The highest BCUT2D eigenvalue weighted by atomic mass is 35.5. The van der Waals surface area contributed by atoms with E-state index in [1.54, 1.807) is 77.7 Å². The highest BCUT2D eigenvalue weighted by molar-refractivity contribution is 7.88. The van der Waals surface area contributed by atoms with Crippen LogP contribution in [0.4, 0.5) is 0 Å². The van der Waals surface area contributed by atoms with Crippen molar-refractivity contribution in [2.45, 2.75) is 56.3 Å². The lowest BCUT2D eigenvalue weighted by Crippen LogP contribution is -2.59. The van der Waals surface area contributed by atoms with Crippen molar-refractivity contribution in [1.82, 2.24) is 15.1 Å². The van der Waals surface area contributed by atoms with E-state index >= 15 is 0 Å².